The van der Waals surface area contributed by atoms with Crippen LogP contribution in [0.4, 0.5) is 8.78 Å². The first-order valence-electron chi connectivity index (χ1n) is 13.5. The lowest BCUT2D eigenvalue weighted by molar-refractivity contribution is -0.605. The molecule has 0 aliphatic heterocycles. The van der Waals surface area contributed by atoms with E-state index in [9.17, 15) is 32.0 Å². The fourth-order valence-corrected chi connectivity index (χ4v) is 5.44. The second-order valence-electron chi connectivity index (χ2n) is 10.0. The Balaban J connectivity index is 1.63. The van der Waals surface area contributed by atoms with Crippen molar-refractivity contribution in [1.82, 2.24) is 4.31 Å². The van der Waals surface area contributed by atoms with Crippen molar-refractivity contribution in [3.8, 4) is 11.5 Å². The minimum Gasteiger partial charge on any atom is -0.619 e. The highest BCUT2D eigenvalue weighted by Gasteiger charge is 2.27. The van der Waals surface area contributed by atoms with Crippen LogP contribution in [0.25, 0.3) is 0 Å². The fraction of sp³-hybridized carbons (Fsp3) is 0.345. The monoisotopic (exact) mass is 688 g/mol. The normalized spacial score (nSPS) is 13.6. The van der Waals surface area contributed by atoms with Crippen LogP contribution < -0.4 is 14.2 Å². The second kappa shape index (κ2) is 15.5. The van der Waals surface area contributed by atoms with Crippen LogP contribution in [0.1, 0.15) is 46.0 Å². The number of rotatable bonds is 15. The van der Waals surface area contributed by atoms with Crippen LogP contribution in [-0.2, 0) is 38.1 Å². The minimum atomic E-state index is -3.33. The Kier molecular flexibility index (Phi) is 11.8. The Labute approximate surface area is 268 Å². The number of carbonyl (C=O) groups is 2. The van der Waals surface area contributed by atoms with Crippen LogP contribution in [-0.4, -0.2) is 51.5 Å². The van der Waals surface area contributed by atoms with Gasteiger partial charge in [0.15, 0.2) is 23.9 Å². The Morgan fingerprint density at radius 3 is 2.40 bits per heavy atom. The average Bonchev–Trinajstić information content (AvgIpc) is 3.81. The van der Waals surface area contributed by atoms with Crippen molar-refractivity contribution in [3.63, 3.8) is 0 Å². The number of pyridine rings is 1. The maximum absolute atomic E-state index is 13.2. The van der Waals surface area contributed by atoms with Crippen LogP contribution in [0, 0.1) is 11.1 Å². The van der Waals surface area contributed by atoms with Gasteiger partial charge in [-0.25, -0.2) is 13.2 Å². The number of carbonyl (C=O) groups excluding carboxylic acids is 2. The van der Waals surface area contributed by atoms with E-state index < -0.39 is 42.1 Å². The van der Waals surface area contributed by atoms with Crippen LogP contribution in [0.15, 0.2) is 54.9 Å². The molecule has 1 aromatic heterocycles. The molecule has 1 unspecified atom stereocenters. The summed E-state index contributed by atoms with van der Waals surface area (Å²) in [4.78, 5) is 25.4. The van der Waals surface area contributed by atoms with Crippen molar-refractivity contribution in [3.05, 3.63) is 92.4 Å². The molecule has 2 aromatic carbocycles. The molecule has 1 aliphatic carbocycles. The zero-order valence-corrected chi connectivity index (χ0v) is 26.1. The van der Waals surface area contributed by atoms with Gasteiger partial charge in [0.2, 0.25) is 10.9 Å². The quantitative estimate of drug-likeness (QED) is 0.105. The van der Waals surface area contributed by atoms with Gasteiger partial charge < -0.3 is 24.2 Å². The van der Waals surface area contributed by atoms with E-state index in [1.165, 1.54) is 37.4 Å². The third-order valence-electron chi connectivity index (χ3n) is 6.77. The lowest BCUT2D eigenvalue weighted by atomic mass is 10.0. The predicted molar refractivity (Wildman–Crippen MR) is 158 cm³/mol. The van der Waals surface area contributed by atoms with E-state index in [0.717, 1.165) is 29.5 Å². The zero-order chi connectivity index (χ0) is 32.7. The lowest BCUT2D eigenvalue weighted by Gasteiger charge is -2.23. The van der Waals surface area contributed by atoms with Gasteiger partial charge in [0, 0.05) is 18.5 Å². The van der Waals surface area contributed by atoms with Gasteiger partial charge in [-0.2, -0.15) is 17.8 Å². The van der Waals surface area contributed by atoms with Gasteiger partial charge in [-0.15, -0.1) is 0 Å². The SMILES string of the molecule is COC(=O)c1ccccc1CN(CC(=O)OC(Cc1c(Cl)c[n+]([O-])cc1Cl)c1ccc(OC(F)F)c(OCC2CC2)c1)[SH](=O)=O. The molecular formula is C29H28Cl2F2N2O9S. The van der Waals surface area contributed by atoms with Crippen molar-refractivity contribution in [2.75, 3.05) is 20.3 Å². The molecule has 0 N–H and O–H groups in total. The highest BCUT2D eigenvalue weighted by molar-refractivity contribution is 7.69. The molecule has 45 heavy (non-hydrogen) atoms. The van der Waals surface area contributed by atoms with E-state index in [1.54, 1.807) is 12.1 Å². The van der Waals surface area contributed by atoms with E-state index in [0.29, 0.717) is 4.73 Å². The highest BCUT2D eigenvalue weighted by Crippen LogP contribution is 2.38. The number of esters is 2. The molecule has 1 aliphatic rings. The molecule has 0 spiro atoms. The molecule has 11 nitrogen and oxygen atoms in total. The first-order chi connectivity index (χ1) is 21.4. The van der Waals surface area contributed by atoms with Gasteiger partial charge in [-0.3, -0.25) is 4.79 Å². The van der Waals surface area contributed by atoms with Crippen molar-refractivity contribution >= 4 is 46.0 Å². The van der Waals surface area contributed by atoms with Gasteiger partial charge in [0.1, 0.15) is 22.7 Å². The Bertz CT molecular complexity index is 1590. The Morgan fingerprint density at radius 2 is 1.78 bits per heavy atom. The molecule has 242 valence electrons. The number of benzene rings is 2. The number of hydrogen-bond acceptors (Lipinski definition) is 9. The average molecular weight is 690 g/mol. The van der Waals surface area contributed by atoms with Crippen LogP contribution in [0.3, 0.4) is 0 Å². The van der Waals surface area contributed by atoms with E-state index in [-0.39, 0.29) is 69.3 Å². The molecule has 1 saturated carbocycles. The van der Waals surface area contributed by atoms with Crippen molar-refractivity contribution < 1.29 is 50.5 Å². The van der Waals surface area contributed by atoms with Gasteiger partial charge in [0.05, 0.1) is 19.3 Å². The van der Waals surface area contributed by atoms with E-state index in [2.05, 4.69) is 4.74 Å². The molecular weight excluding hydrogens is 661 g/mol. The Hall–Kier alpha value is -3.72. The summed E-state index contributed by atoms with van der Waals surface area (Å²) in [5.41, 5.74) is 0.891. The number of alkyl halides is 2. The number of nitrogens with zero attached hydrogens (tertiary/aromatic N) is 2. The first-order valence-corrected chi connectivity index (χ1v) is 15.4. The summed E-state index contributed by atoms with van der Waals surface area (Å²) in [5, 5.41) is 11.7. The fourth-order valence-electron chi connectivity index (χ4n) is 4.34. The largest absolute Gasteiger partial charge is 0.619 e. The third kappa shape index (κ3) is 9.63. The van der Waals surface area contributed by atoms with Gasteiger partial charge in [-0.05, 0) is 48.1 Å². The standard InChI is InChI=1S/C29H28Cl2F2N2O9S/c1-41-28(37)20-5-3-2-4-19(20)12-35(45(39)40)15-27(36)43-25(11-21-22(30)13-34(38)14-23(21)31)18-8-9-24(44-29(32)33)26(10-18)42-16-17-6-7-17/h2-5,8-10,13-14,17,25,29,45H,6-7,11-12,15-16H2,1H3. The molecule has 1 heterocycles. The number of aromatic nitrogens is 1. The maximum atomic E-state index is 13.2. The molecule has 1 atom stereocenters. The number of thiol groups is 1. The van der Waals surface area contributed by atoms with Crippen LogP contribution >= 0.6 is 23.2 Å². The number of ether oxygens (including phenoxy) is 4. The molecule has 16 heteroatoms. The summed E-state index contributed by atoms with van der Waals surface area (Å²) < 4.78 is 72.5. The molecule has 4 rings (SSSR count). The topological polar surface area (TPSA) is 135 Å². The number of halogens is 4. The van der Waals surface area contributed by atoms with Crippen molar-refractivity contribution in [2.45, 2.75) is 38.5 Å². The molecule has 1 fully saturated rings. The summed E-state index contributed by atoms with van der Waals surface area (Å²) >= 11 is 12.6. The summed E-state index contributed by atoms with van der Waals surface area (Å²) in [7, 11) is -2.15. The van der Waals surface area contributed by atoms with Crippen molar-refractivity contribution in [1.29, 1.82) is 0 Å². The van der Waals surface area contributed by atoms with Crippen LogP contribution in [0.2, 0.25) is 10.0 Å². The predicted octanol–water partition coefficient (Wildman–Crippen LogP) is 4.66. The second-order valence-corrected chi connectivity index (χ2v) is 11.9. The highest BCUT2D eigenvalue weighted by atomic mass is 35.5. The van der Waals surface area contributed by atoms with E-state index >= 15 is 0 Å². The maximum Gasteiger partial charge on any atom is 0.387 e. The lowest BCUT2D eigenvalue weighted by Crippen LogP contribution is -2.31. The zero-order valence-electron chi connectivity index (χ0n) is 23.7. The molecule has 0 radical (unpaired) electrons. The van der Waals surface area contributed by atoms with Gasteiger partial charge in [0.25, 0.3) is 0 Å². The molecule has 0 bridgehead atoms. The summed E-state index contributed by atoms with van der Waals surface area (Å²) in [5.74, 6) is -1.67. The van der Waals surface area contributed by atoms with Crippen molar-refractivity contribution in [2.24, 2.45) is 5.92 Å². The Morgan fingerprint density at radius 1 is 1.09 bits per heavy atom. The molecule has 0 saturated heterocycles. The summed E-state index contributed by atoms with van der Waals surface area (Å²) in [6.07, 6.45) is 2.57. The summed E-state index contributed by atoms with van der Waals surface area (Å²) in [6, 6.07) is 10.1. The molecule has 3 aromatic rings. The van der Waals surface area contributed by atoms with Gasteiger partial charge >= 0.3 is 18.6 Å². The minimum absolute atomic E-state index is 0.0212. The van der Waals surface area contributed by atoms with Crippen LogP contribution in [0.5, 0.6) is 11.5 Å². The first kappa shape index (κ1) is 34.2. The van der Waals surface area contributed by atoms with E-state index in [4.69, 9.17) is 37.4 Å². The third-order valence-corrected chi connectivity index (χ3v) is 8.16. The smallest absolute Gasteiger partial charge is 0.387 e. The number of hydrogen-bond donors (Lipinski definition) is 1. The molecule has 0 amide bonds. The summed E-state index contributed by atoms with van der Waals surface area (Å²) in [6.45, 7) is -3.97. The van der Waals surface area contributed by atoms with Gasteiger partial charge in [-0.1, -0.05) is 47.5 Å². The van der Waals surface area contributed by atoms with E-state index in [1.807, 2.05) is 0 Å². The number of methoxy groups -OCH3 is 1.